The lowest BCUT2D eigenvalue weighted by Crippen LogP contribution is -2.29. The number of amides is 1. The van der Waals surface area contributed by atoms with Crippen molar-refractivity contribution in [2.75, 3.05) is 4.90 Å². The highest BCUT2D eigenvalue weighted by Gasteiger charge is 2.47. The largest absolute Gasteiger partial charge is 0.507 e. The first-order chi connectivity index (χ1) is 16.0. The number of nitrogens with zero attached hydrogens (tertiary/aromatic N) is 2. The van der Waals surface area contributed by atoms with E-state index in [9.17, 15) is 14.7 Å². The molecule has 1 unspecified atom stereocenters. The smallest absolute Gasteiger partial charge is 0.300 e. The van der Waals surface area contributed by atoms with Gasteiger partial charge in [0.25, 0.3) is 11.7 Å². The number of aryl methyl sites for hydroxylation is 2. The predicted molar refractivity (Wildman–Crippen MR) is 135 cm³/mol. The number of carbonyl (C=O) groups is 2. The van der Waals surface area contributed by atoms with Crippen molar-refractivity contribution in [3.8, 4) is 0 Å². The van der Waals surface area contributed by atoms with Crippen LogP contribution in [0.25, 0.3) is 5.76 Å². The van der Waals surface area contributed by atoms with Crippen molar-refractivity contribution < 1.29 is 14.7 Å². The zero-order chi connectivity index (χ0) is 24.8. The summed E-state index contributed by atoms with van der Waals surface area (Å²) in [6, 6.07) is 13.7. The number of hydrogen-bond donors (Lipinski definition) is 1. The molecule has 34 heavy (non-hydrogen) atoms. The fourth-order valence-electron chi connectivity index (χ4n) is 4.18. The monoisotopic (exact) mass is 474 g/mol. The van der Waals surface area contributed by atoms with Crippen molar-refractivity contribution in [1.82, 2.24) is 4.98 Å². The molecule has 1 atom stereocenters. The van der Waals surface area contributed by atoms with E-state index in [1.807, 2.05) is 32.0 Å². The molecule has 1 amide bonds. The van der Waals surface area contributed by atoms with Crippen LogP contribution in [-0.2, 0) is 15.0 Å². The number of hydrogen-bond acceptors (Lipinski definition) is 4. The normalized spacial score (nSPS) is 17.9. The number of anilines is 1. The van der Waals surface area contributed by atoms with Gasteiger partial charge in [-0.15, -0.1) is 0 Å². The van der Waals surface area contributed by atoms with Gasteiger partial charge >= 0.3 is 0 Å². The molecule has 1 N–H and O–H groups in total. The second-order valence-electron chi connectivity index (χ2n) is 9.66. The number of pyridine rings is 1. The standard InChI is InChI=1S/C28H27ClN2O3/c1-16-6-8-19(28(3,4)5)14-21(16)25(32)23-24(18-10-12-30-13-11-18)31(27(34)26(23)33)20-9-7-17(2)22(29)15-20/h6-15,24,32H,1-5H3/b25-23+. The number of aliphatic hydroxyl groups is 1. The van der Waals surface area contributed by atoms with Gasteiger partial charge in [0.2, 0.25) is 0 Å². The first-order valence-electron chi connectivity index (χ1n) is 11.1. The Morgan fingerprint density at radius 3 is 2.24 bits per heavy atom. The third-order valence-corrected chi connectivity index (χ3v) is 6.67. The molecule has 1 aliphatic heterocycles. The zero-order valence-electron chi connectivity index (χ0n) is 19.9. The molecule has 2 aromatic carbocycles. The number of aromatic nitrogens is 1. The molecule has 1 aliphatic rings. The highest BCUT2D eigenvalue weighted by Crippen LogP contribution is 2.43. The minimum absolute atomic E-state index is 0.0436. The molecule has 3 aromatic rings. The predicted octanol–water partition coefficient (Wildman–Crippen LogP) is 6.28. The summed E-state index contributed by atoms with van der Waals surface area (Å²) in [5.41, 5.74) is 4.25. The summed E-state index contributed by atoms with van der Waals surface area (Å²) in [4.78, 5) is 32.2. The van der Waals surface area contributed by atoms with E-state index >= 15 is 0 Å². The van der Waals surface area contributed by atoms with E-state index in [0.29, 0.717) is 21.8 Å². The maximum atomic E-state index is 13.4. The number of ketones is 1. The van der Waals surface area contributed by atoms with Crippen LogP contribution in [-0.4, -0.2) is 21.8 Å². The highest BCUT2D eigenvalue weighted by atomic mass is 35.5. The lowest BCUT2D eigenvalue weighted by atomic mass is 9.84. The number of Topliss-reactive ketones (excluding diaryl/α,β-unsaturated/α-hetero) is 1. The topological polar surface area (TPSA) is 70.5 Å². The Hall–Kier alpha value is -3.44. The number of rotatable bonds is 3. The molecule has 0 aliphatic carbocycles. The molecule has 5 nitrogen and oxygen atoms in total. The van der Waals surface area contributed by atoms with Gasteiger partial charge in [0.15, 0.2) is 0 Å². The van der Waals surface area contributed by atoms with Gasteiger partial charge < -0.3 is 5.11 Å². The number of halogens is 1. The van der Waals surface area contributed by atoms with Crippen LogP contribution in [0.5, 0.6) is 0 Å². The molecule has 174 valence electrons. The lowest BCUT2D eigenvalue weighted by Gasteiger charge is -2.26. The average molecular weight is 475 g/mol. The van der Waals surface area contributed by atoms with Crippen LogP contribution in [0.4, 0.5) is 5.69 Å². The fraction of sp³-hybridized carbons (Fsp3) is 0.250. The molecule has 1 aromatic heterocycles. The maximum Gasteiger partial charge on any atom is 0.300 e. The summed E-state index contributed by atoms with van der Waals surface area (Å²) in [5.74, 6) is -1.64. The van der Waals surface area contributed by atoms with E-state index in [2.05, 4.69) is 25.8 Å². The van der Waals surface area contributed by atoms with Crippen molar-refractivity contribution in [2.24, 2.45) is 0 Å². The Kier molecular flexibility index (Phi) is 6.09. The third kappa shape index (κ3) is 4.12. The summed E-state index contributed by atoms with van der Waals surface area (Å²) in [7, 11) is 0. The first-order valence-corrected chi connectivity index (χ1v) is 11.5. The minimum atomic E-state index is -0.820. The molecule has 2 heterocycles. The molecule has 0 saturated carbocycles. The molecular weight excluding hydrogens is 448 g/mol. The number of benzene rings is 2. The van der Waals surface area contributed by atoms with E-state index in [-0.39, 0.29) is 16.7 Å². The van der Waals surface area contributed by atoms with Gasteiger partial charge in [0.05, 0.1) is 11.6 Å². The summed E-state index contributed by atoms with van der Waals surface area (Å²) in [6.45, 7) is 9.99. The molecule has 1 fully saturated rings. The Morgan fingerprint density at radius 2 is 1.62 bits per heavy atom. The second-order valence-corrected chi connectivity index (χ2v) is 10.1. The molecule has 6 heteroatoms. The molecule has 0 radical (unpaired) electrons. The molecule has 0 bridgehead atoms. The van der Waals surface area contributed by atoms with Gasteiger partial charge in [-0.05, 0) is 71.8 Å². The van der Waals surface area contributed by atoms with Crippen LogP contribution in [0.2, 0.25) is 5.02 Å². The fourth-order valence-corrected chi connectivity index (χ4v) is 4.36. The highest BCUT2D eigenvalue weighted by molar-refractivity contribution is 6.51. The van der Waals surface area contributed by atoms with Gasteiger partial charge in [-0.1, -0.05) is 50.6 Å². The van der Waals surface area contributed by atoms with Crippen molar-refractivity contribution >= 4 is 34.7 Å². The van der Waals surface area contributed by atoms with Crippen molar-refractivity contribution in [1.29, 1.82) is 0 Å². The maximum absolute atomic E-state index is 13.4. The Morgan fingerprint density at radius 1 is 0.971 bits per heavy atom. The van der Waals surface area contributed by atoms with Crippen molar-refractivity contribution in [3.63, 3.8) is 0 Å². The molecule has 1 saturated heterocycles. The summed E-state index contributed by atoms with van der Waals surface area (Å²) >= 11 is 6.35. The lowest BCUT2D eigenvalue weighted by molar-refractivity contribution is -0.132. The van der Waals surface area contributed by atoms with Crippen molar-refractivity contribution in [2.45, 2.75) is 46.1 Å². The van der Waals surface area contributed by atoms with E-state index < -0.39 is 17.7 Å². The van der Waals surface area contributed by atoms with Crippen molar-refractivity contribution in [3.05, 3.63) is 99.3 Å². The number of aliphatic hydroxyl groups excluding tert-OH is 1. The second kappa shape index (κ2) is 8.73. The Balaban J connectivity index is 1.98. The van der Waals surface area contributed by atoms with Crippen LogP contribution in [0.3, 0.4) is 0 Å². The van der Waals surface area contributed by atoms with E-state index in [4.69, 9.17) is 11.6 Å². The quantitative estimate of drug-likeness (QED) is 0.275. The Labute approximate surface area is 204 Å². The van der Waals surface area contributed by atoms with Gasteiger partial charge in [0, 0.05) is 28.7 Å². The molecule has 4 rings (SSSR count). The van der Waals surface area contributed by atoms with E-state index in [0.717, 1.165) is 16.7 Å². The van der Waals surface area contributed by atoms with Gasteiger partial charge in [-0.25, -0.2) is 0 Å². The summed E-state index contributed by atoms with van der Waals surface area (Å²) in [5, 5.41) is 12.0. The minimum Gasteiger partial charge on any atom is -0.507 e. The van der Waals surface area contributed by atoms with Gasteiger partial charge in [0.1, 0.15) is 5.76 Å². The van der Waals surface area contributed by atoms with Crippen LogP contribution < -0.4 is 4.90 Å². The SMILES string of the molecule is Cc1ccc(N2C(=O)C(=O)/C(=C(/O)c3cc(C(C)(C)C)ccc3C)C2c2ccncc2)cc1Cl. The average Bonchev–Trinajstić information content (AvgIpc) is 3.06. The summed E-state index contributed by atoms with van der Waals surface area (Å²) in [6.07, 6.45) is 3.20. The first kappa shape index (κ1) is 23.7. The van der Waals surface area contributed by atoms with E-state index in [1.54, 1.807) is 42.7 Å². The van der Waals surface area contributed by atoms with Crippen LogP contribution in [0, 0.1) is 13.8 Å². The molecular formula is C28H27ClN2O3. The van der Waals surface area contributed by atoms with Gasteiger partial charge in [-0.3, -0.25) is 19.5 Å². The van der Waals surface area contributed by atoms with Crippen LogP contribution in [0.15, 0.2) is 66.5 Å². The van der Waals surface area contributed by atoms with Crippen LogP contribution >= 0.6 is 11.6 Å². The number of carbonyl (C=O) groups excluding carboxylic acids is 2. The van der Waals surface area contributed by atoms with E-state index in [1.165, 1.54) is 4.90 Å². The summed E-state index contributed by atoms with van der Waals surface area (Å²) < 4.78 is 0. The Bertz CT molecular complexity index is 1320. The zero-order valence-corrected chi connectivity index (χ0v) is 20.6. The molecule has 0 spiro atoms. The van der Waals surface area contributed by atoms with Gasteiger partial charge in [-0.2, -0.15) is 0 Å². The van der Waals surface area contributed by atoms with Crippen LogP contribution in [0.1, 0.15) is 54.6 Å². The third-order valence-electron chi connectivity index (χ3n) is 6.26.